The van der Waals surface area contributed by atoms with E-state index in [-0.39, 0.29) is 5.91 Å². The Morgan fingerprint density at radius 2 is 2.10 bits per heavy atom. The Balaban J connectivity index is 1.78. The summed E-state index contributed by atoms with van der Waals surface area (Å²) in [5, 5.41) is 6.22. The molecule has 1 aromatic carbocycles. The Morgan fingerprint density at radius 1 is 1.33 bits per heavy atom. The minimum atomic E-state index is -0.0114. The van der Waals surface area contributed by atoms with Crippen LogP contribution in [0.4, 0.5) is 0 Å². The van der Waals surface area contributed by atoms with Crippen molar-refractivity contribution in [2.75, 3.05) is 19.6 Å². The lowest BCUT2D eigenvalue weighted by molar-refractivity contribution is 0.0934. The van der Waals surface area contributed by atoms with Crippen molar-refractivity contribution < 1.29 is 4.79 Å². The Labute approximate surface area is 132 Å². The smallest absolute Gasteiger partial charge is 0.267 e. The van der Waals surface area contributed by atoms with Crippen LogP contribution < -0.4 is 10.6 Å². The lowest BCUT2D eigenvalue weighted by atomic mass is 10.0. The number of hydrogen-bond donors (Lipinski definition) is 2. The fourth-order valence-corrected chi connectivity index (χ4v) is 2.99. The first-order valence-electron chi connectivity index (χ1n) is 7.06. The molecule has 1 saturated heterocycles. The molecule has 0 unspecified atom stereocenters. The van der Waals surface area contributed by atoms with E-state index in [1.165, 1.54) is 0 Å². The van der Waals surface area contributed by atoms with Gasteiger partial charge >= 0.3 is 0 Å². The summed E-state index contributed by atoms with van der Waals surface area (Å²) in [5.41, 5.74) is 2.80. The molecule has 2 aromatic rings. The van der Waals surface area contributed by atoms with Gasteiger partial charge in [0, 0.05) is 48.3 Å². The Morgan fingerprint density at radius 3 is 2.76 bits per heavy atom. The Hall–Kier alpha value is -1.59. The van der Waals surface area contributed by atoms with Gasteiger partial charge in [0.05, 0.1) is 0 Å². The zero-order chi connectivity index (χ0) is 14.8. The van der Waals surface area contributed by atoms with Crippen LogP contribution in [0, 0.1) is 5.92 Å². The number of nitrogens with zero attached hydrogens (tertiary/aromatic N) is 1. The first-order valence-corrected chi connectivity index (χ1v) is 7.85. The number of benzene rings is 1. The van der Waals surface area contributed by atoms with E-state index in [0.29, 0.717) is 11.6 Å². The standard InChI is InChI=1S/C16H18BrN3O/c1-20-14(12-4-2-3-5-13(12)17)6-7-15(20)16(21)19-10-11-8-18-9-11/h2-7,11,18H,8-10H2,1H3,(H,19,21). The van der Waals surface area contributed by atoms with E-state index in [9.17, 15) is 4.79 Å². The maximum absolute atomic E-state index is 12.3. The molecule has 4 nitrogen and oxygen atoms in total. The van der Waals surface area contributed by atoms with Crippen molar-refractivity contribution >= 4 is 21.8 Å². The third-order valence-electron chi connectivity index (χ3n) is 3.92. The van der Waals surface area contributed by atoms with Gasteiger partial charge in [-0.15, -0.1) is 0 Å². The summed E-state index contributed by atoms with van der Waals surface area (Å²) in [5.74, 6) is 0.555. The molecule has 5 heteroatoms. The van der Waals surface area contributed by atoms with Crippen LogP contribution >= 0.6 is 15.9 Å². The third-order valence-corrected chi connectivity index (χ3v) is 4.61. The molecule has 0 aliphatic carbocycles. The molecule has 110 valence electrons. The molecule has 1 fully saturated rings. The highest BCUT2D eigenvalue weighted by atomic mass is 79.9. The van der Waals surface area contributed by atoms with Crippen LogP contribution in [0.25, 0.3) is 11.3 Å². The second-order valence-corrected chi connectivity index (χ2v) is 6.23. The van der Waals surface area contributed by atoms with Gasteiger partial charge in [-0.05, 0) is 18.2 Å². The fourth-order valence-electron chi connectivity index (χ4n) is 2.50. The van der Waals surface area contributed by atoms with Crippen molar-refractivity contribution in [3.8, 4) is 11.3 Å². The minimum absolute atomic E-state index is 0.0114. The van der Waals surface area contributed by atoms with E-state index in [2.05, 4.69) is 26.6 Å². The van der Waals surface area contributed by atoms with Crippen LogP contribution in [0.5, 0.6) is 0 Å². The molecule has 0 saturated carbocycles. The topological polar surface area (TPSA) is 46.1 Å². The summed E-state index contributed by atoms with van der Waals surface area (Å²) in [6.07, 6.45) is 0. The molecule has 0 bridgehead atoms. The van der Waals surface area contributed by atoms with Crippen LogP contribution in [0.15, 0.2) is 40.9 Å². The fraction of sp³-hybridized carbons (Fsp3) is 0.312. The summed E-state index contributed by atoms with van der Waals surface area (Å²) in [7, 11) is 1.93. The molecule has 2 N–H and O–H groups in total. The van der Waals surface area contributed by atoms with E-state index in [1.807, 2.05) is 48.0 Å². The molecular formula is C16H18BrN3O. The number of carbonyl (C=O) groups excluding carboxylic acids is 1. The monoisotopic (exact) mass is 347 g/mol. The predicted octanol–water partition coefficient (Wildman–Crippen LogP) is 2.40. The minimum Gasteiger partial charge on any atom is -0.350 e. The highest BCUT2D eigenvalue weighted by Gasteiger charge is 2.19. The number of rotatable bonds is 4. The average molecular weight is 348 g/mol. The highest BCUT2D eigenvalue weighted by molar-refractivity contribution is 9.10. The van der Waals surface area contributed by atoms with Gasteiger partial charge in [0.2, 0.25) is 0 Å². The maximum atomic E-state index is 12.3. The Bertz CT molecular complexity index is 661. The summed E-state index contributed by atoms with van der Waals surface area (Å²) in [6.45, 7) is 2.73. The quantitative estimate of drug-likeness (QED) is 0.891. The molecule has 0 atom stereocenters. The largest absolute Gasteiger partial charge is 0.350 e. The summed E-state index contributed by atoms with van der Waals surface area (Å²) < 4.78 is 2.97. The zero-order valence-electron chi connectivity index (χ0n) is 11.9. The van der Waals surface area contributed by atoms with Gasteiger partial charge in [-0.2, -0.15) is 0 Å². The van der Waals surface area contributed by atoms with Gasteiger partial charge in [0.1, 0.15) is 5.69 Å². The molecule has 21 heavy (non-hydrogen) atoms. The van der Waals surface area contributed by atoms with Gasteiger partial charge in [-0.25, -0.2) is 0 Å². The van der Waals surface area contributed by atoms with Gasteiger partial charge in [0.15, 0.2) is 0 Å². The van der Waals surface area contributed by atoms with Crippen LogP contribution in [-0.4, -0.2) is 30.1 Å². The van der Waals surface area contributed by atoms with Crippen LogP contribution in [-0.2, 0) is 7.05 Å². The molecule has 0 spiro atoms. The average Bonchev–Trinajstić information content (AvgIpc) is 2.79. The SMILES string of the molecule is Cn1c(C(=O)NCC2CNC2)ccc1-c1ccccc1Br. The van der Waals surface area contributed by atoms with Crippen molar-refractivity contribution in [2.24, 2.45) is 13.0 Å². The number of carbonyl (C=O) groups is 1. The van der Waals surface area contributed by atoms with Gasteiger partial charge in [-0.1, -0.05) is 34.1 Å². The first kappa shape index (κ1) is 14.4. The van der Waals surface area contributed by atoms with E-state index >= 15 is 0 Å². The number of halogens is 1. The van der Waals surface area contributed by atoms with Crippen LogP contribution in [0.2, 0.25) is 0 Å². The van der Waals surface area contributed by atoms with Crippen molar-refractivity contribution in [1.82, 2.24) is 15.2 Å². The number of nitrogens with one attached hydrogen (secondary N) is 2. The zero-order valence-corrected chi connectivity index (χ0v) is 13.5. The van der Waals surface area contributed by atoms with Crippen LogP contribution in [0.1, 0.15) is 10.5 Å². The maximum Gasteiger partial charge on any atom is 0.267 e. The third kappa shape index (κ3) is 2.89. The summed E-state index contributed by atoms with van der Waals surface area (Å²) in [6, 6.07) is 11.9. The van der Waals surface area contributed by atoms with E-state index in [1.54, 1.807) is 0 Å². The van der Waals surface area contributed by atoms with Crippen molar-refractivity contribution in [2.45, 2.75) is 0 Å². The molecule has 0 radical (unpaired) electrons. The lowest BCUT2D eigenvalue weighted by Crippen LogP contribution is -2.48. The second-order valence-electron chi connectivity index (χ2n) is 5.38. The second kappa shape index (κ2) is 6.03. The molecule has 1 amide bonds. The van der Waals surface area contributed by atoms with Gasteiger partial charge in [0.25, 0.3) is 5.91 Å². The van der Waals surface area contributed by atoms with Crippen molar-refractivity contribution in [3.63, 3.8) is 0 Å². The Kier molecular flexibility index (Phi) is 4.12. The number of aromatic nitrogens is 1. The van der Waals surface area contributed by atoms with Crippen molar-refractivity contribution in [1.29, 1.82) is 0 Å². The molecule has 3 rings (SSSR count). The van der Waals surface area contributed by atoms with Gasteiger partial charge in [-0.3, -0.25) is 4.79 Å². The highest BCUT2D eigenvalue weighted by Crippen LogP contribution is 2.28. The van der Waals surface area contributed by atoms with E-state index in [0.717, 1.165) is 35.4 Å². The summed E-state index contributed by atoms with van der Waals surface area (Å²) >= 11 is 3.56. The first-order chi connectivity index (χ1) is 10.2. The van der Waals surface area contributed by atoms with E-state index < -0.39 is 0 Å². The number of amides is 1. The molecule has 1 aliphatic rings. The van der Waals surface area contributed by atoms with Crippen molar-refractivity contribution in [3.05, 3.63) is 46.6 Å². The molecular weight excluding hydrogens is 330 g/mol. The van der Waals surface area contributed by atoms with Gasteiger partial charge < -0.3 is 15.2 Å². The molecule has 2 heterocycles. The normalized spacial score (nSPS) is 14.8. The predicted molar refractivity (Wildman–Crippen MR) is 87.2 cm³/mol. The molecule has 1 aromatic heterocycles. The van der Waals surface area contributed by atoms with Crippen LogP contribution in [0.3, 0.4) is 0 Å². The summed E-state index contributed by atoms with van der Waals surface area (Å²) in [4.78, 5) is 12.3. The van der Waals surface area contributed by atoms with E-state index in [4.69, 9.17) is 0 Å². The number of hydrogen-bond acceptors (Lipinski definition) is 2. The molecule has 1 aliphatic heterocycles. The lowest BCUT2D eigenvalue weighted by Gasteiger charge is -2.27.